The highest BCUT2D eigenvalue weighted by molar-refractivity contribution is 7.80. The molecule has 0 saturated carbocycles. The highest BCUT2D eigenvalue weighted by Crippen LogP contribution is 2.14. The minimum Gasteiger partial charge on any atom is -0.489 e. The van der Waals surface area contributed by atoms with Gasteiger partial charge in [0.05, 0.1) is 6.54 Å². The van der Waals surface area contributed by atoms with E-state index in [1.165, 1.54) is 11.6 Å². The van der Waals surface area contributed by atoms with E-state index in [0.717, 1.165) is 5.69 Å². The number of rotatable bonds is 5. The van der Waals surface area contributed by atoms with E-state index in [2.05, 4.69) is 10.6 Å². The van der Waals surface area contributed by atoms with Crippen LogP contribution in [-0.4, -0.2) is 18.3 Å². The van der Waals surface area contributed by atoms with E-state index >= 15 is 0 Å². The Morgan fingerprint density at radius 2 is 1.86 bits per heavy atom. The van der Waals surface area contributed by atoms with Gasteiger partial charge in [-0.05, 0) is 43.4 Å². The van der Waals surface area contributed by atoms with Crippen LogP contribution in [0.5, 0.6) is 5.75 Å². The SMILES string of the molecule is Cc1ccc(NC(=S)NCCOc2ccccc2F)cc1. The lowest BCUT2D eigenvalue weighted by Crippen LogP contribution is -2.32. The molecule has 0 aromatic heterocycles. The first-order chi connectivity index (χ1) is 10.1. The Morgan fingerprint density at radius 1 is 1.14 bits per heavy atom. The Bertz CT molecular complexity index is 601. The average Bonchev–Trinajstić information content (AvgIpc) is 2.48. The van der Waals surface area contributed by atoms with Crippen molar-refractivity contribution in [3.63, 3.8) is 0 Å². The predicted molar refractivity (Wildman–Crippen MR) is 87.3 cm³/mol. The number of benzene rings is 2. The molecule has 0 amide bonds. The van der Waals surface area contributed by atoms with Crippen LogP contribution >= 0.6 is 12.2 Å². The van der Waals surface area contributed by atoms with Gasteiger partial charge in [-0.2, -0.15) is 0 Å². The molecule has 0 bridgehead atoms. The fourth-order valence-electron chi connectivity index (χ4n) is 1.70. The normalized spacial score (nSPS) is 10.0. The summed E-state index contributed by atoms with van der Waals surface area (Å²) in [6.45, 7) is 2.85. The maximum Gasteiger partial charge on any atom is 0.170 e. The van der Waals surface area contributed by atoms with Crippen LogP contribution in [0.3, 0.4) is 0 Å². The first-order valence-electron chi connectivity index (χ1n) is 6.64. The second-order valence-electron chi connectivity index (χ2n) is 4.53. The van der Waals surface area contributed by atoms with E-state index in [1.54, 1.807) is 18.2 Å². The number of para-hydroxylation sites is 1. The molecule has 0 spiro atoms. The number of hydrogen-bond acceptors (Lipinski definition) is 2. The number of ether oxygens (including phenoxy) is 1. The van der Waals surface area contributed by atoms with Crippen molar-refractivity contribution in [1.82, 2.24) is 5.32 Å². The number of anilines is 1. The Balaban J connectivity index is 1.70. The van der Waals surface area contributed by atoms with Crippen LogP contribution in [0.25, 0.3) is 0 Å². The van der Waals surface area contributed by atoms with E-state index in [1.807, 2.05) is 31.2 Å². The molecule has 2 N–H and O–H groups in total. The minimum absolute atomic E-state index is 0.247. The molecule has 0 radical (unpaired) electrons. The number of hydrogen-bond donors (Lipinski definition) is 2. The molecule has 2 aromatic rings. The molecule has 0 saturated heterocycles. The number of nitrogens with one attached hydrogen (secondary N) is 2. The first kappa shape index (κ1) is 15.3. The number of halogens is 1. The smallest absolute Gasteiger partial charge is 0.170 e. The molecule has 0 aliphatic heterocycles. The molecule has 5 heteroatoms. The quantitative estimate of drug-likeness (QED) is 0.654. The summed E-state index contributed by atoms with van der Waals surface area (Å²) in [6, 6.07) is 14.2. The minimum atomic E-state index is -0.363. The van der Waals surface area contributed by atoms with Gasteiger partial charge in [0.2, 0.25) is 0 Å². The highest BCUT2D eigenvalue weighted by Gasteiger charge is 2.01. The molecule has 3 nitrogen and oxygen atoms in total. The third-order valence-electron chi connectivity index (χ3n) is 2.79. The fourth-order valence-corrected chi connectivity index (χ4v) is 1.92. The van der Waals surface area contributed by atoms with Gasteiger partial charge < -0.3 is 15.4 Å². The molecular weight excluding hydrogens is 287 g/mol. The summed E-state index contributed by atoms with van der Waals surface area (Å²) < 4.78 is 18.6. The van der Waals surface area contributed by atoms with Gasteiger partial charge in [0, 0.05) is 5.69 Å². The molecule has 2 rings (SSSR count). The van der Waals surface area contributed by atoms with Gasteiger partial charge in [-0.3, -0.25) is 0 Å². The van der Waals surface area contributed by atoms with Crippen molar-refractivity contribution in [2.45, 2.75) is 6.92 Å². The third kappa shape index (κ3) is 5.04. The Hall–Kier alpha value is -2.14. The lowest BCUT2D eigenvalue weighted by Gasteiger charge is -2.11. The lowest BCUT2D eigenvalue weighted by atomic mass is 10.2. The van der Waals surface area contributed by atoms with E-state index < -0.39 is 0 Å². The zero-order valence-electron chi connectivity index (χ0n) is 11.7. The molecule has 2 aromatic carbocycles. The monoisotopic (exact) mass is 304 g/mol. The van der Waals surface area contributed by atoms with Crippen molar-refractivity contribution in [2.75, 3.05) is 18.5 Å². The summed E-state index contributed by atoms with van der Waals surface area (Å²) in [4.78, 5) is 0. The van der Waals surface area contributed by atoms with Crippen LogP contribution < -0.4 is 15.4 Å². The molecule has 0 fully saturated rings. The van der Waals surface area contributed by atoms with Gasteiger partial charge >= 0.3 is 0 Å². The molecule has 0 heterocycles. The lowest BCUT2D eigenvalue weighted by molar-refractivity contribution is 0.306. The second kappa shape index (κ2) is 7.59. The summed E-state index contributed by atoms with van der Waals surface area (Å²) in [6.07, 6.45) is 0. The van der Waals surface area contributed by atoms with E-state index in [0.29, 0.717) is 18.3 Å². The summed E-state index contributed by atoms with van der Waals surface area (Å²) in [5.41, 5.74) is 2.12. The maximum atomic E-state index is 13.3. The number of thiocarbonyl (C=S) groups is 1. The van der Waals surface area contributed by atoms with E-state index in [4.69, 9.17) is 17.0 Å². The highest BCUT2D eigenvalue weighted by atomic mass is 32.1. The summed E-state index contributed by atoms with van der Waals surface area (Å²) in [5.74, 6) is -0.116. The second-order valence-corrected chi connectivity index (χ2v) is 4.93. The molecule has 21 heavy (non-hydrogen) atoms. The molecule has 0 atom stereocenters. The van der Waals surface area contributed by atoms with Crippen molar-refractivity contribution >= 4 is 23.0 Å². The van der Waals surface area contributed by atoms with Crippen LogP contribution in [0.4, 0.5) is 10.1 Å². The van der Waals surface area contributed by atoms with Gasteiger partial charge in [0.25, 0.3) is 0 Å². The Kier molecular flexibility index (Phi) is 5.51. The van der Waals surface area contributed by atoms with Crippen molar-refractivity contribution < 1.29 is 9.13 Å². The van der Waals surface area contributed by atoms with Gasteiger partial charge in [0.15, 0.2) is 16.7 Å². The first-order valence-corrected chi connectivity index (χ1v) is 7.05. The molecule has 110 valence electrons. The molecule has 0 aliphatic carbocycles. The van der Waals surface area contributed by atoms with Crippen molar-refractivity contribution in [3.8, 4) is 5.75 Å². The summed E-state index contributed by atoms with van der Waals surface area (Å²) >= 11 is 5.17. The van der Waals surface area contributed by atoms with Crippen LogP contribution in [0.15, 0.2) is 48.5 Å². The van der Waals surface area contributed by atoms with Gasteiger partial charge in [-0.15, -0.1) is 0 Å². The topological polar surface area (TPSA) is 33.3 Å². The van der Waals surface area contributed by atoms with Gasteiger partial charge in [-0.1, -0.05) is 29.8 Å². The van der Waals surface area contributed by atoms with Crippen LogP contribution in [-0.2, 0) is 0 Å². The van der Waals surface area contributed by atoms with Gasteiger partial charge in [-0.25, -0.2) is 4.39 Å². The van der Waals surface area contributed by atoms with Crippen LogP contribution in [0.2, 0.25) is 0 Å². The predicted octanol–water partition coefficient (Wildman–Crippen LogP) is 3.50. The maximum absolute atomic E-state index is 13.3. The zero-order valence-corrected chi connectivity index (χ0v) is 12.5. The fraction of sp³-hybridized carbons (Fsp3) is 0.188. The standard InChI is InChI=1S/C16H17FN2OS/c1-12-6-8-13(9-7-12)19-16(21)18-10-11-20-15-5-3-2-4-14(15)17/h2-9H,10-11H2,1H3,(H2,18,19,21). The number of aryl methyl sites for hydroxylation is 1. The average molecular weight is 304 g/mol. The summed E-state index contributed by atoms with van der Waals surface area (Å²) in [5, 5.41) is 6.59. The molecule has 0 aliphatic rings. The Labute approximate surface area is 129 Å². The molecule has 0 unspecified atom stereocenters. The van der Waals surface area contributed by atoms with Crippen molar-refractivity contribution in [3.05, 3.63) is 59.9 Å². The van der Waals surface area contributed by atoms with Gasteiger partial charge in [0.1, 0.15) is 6.61 Å². The zero-order chi connectivity index (χ0) is 15.1. The van der Waals surface area contributed by atoms with Crippen LogP contribution in [0, 0.1) is 12.7 Å². The Morgan fingerprint density at radius 3 is 2.57 bits per heavy atom. The summed E-state index contributed by atoms with van der Waals surface area (Å²) in [7, 11) is 0. The largest absolute Gasteiger partial charge is 0.489 e. The van der Waals surface area contributed by atoms with Crippen LogP contribution in [0.1, 0.15) is 5.56 Å². The van der Waals surface area contributed by atoms with Crippen molar-refractivity contribution in [1.29, 1.82) is 0 Å². The third-order valence-corrected chi connectivity index (χ3v) is 3.04. The van der Waals surface area contributed by atoms with E-state index in [-0.39, 0.29) is 11.6 Å². The van der Waals surface area contributed by atoms with Crippen molar-refractivity contribution in [2.24, 2.45) is 0 Å². The van der Waals surface area contributed by atoms with E-state index in [9.17, 15) is 4.39 Å². The molecular formula is C16H17FN2OS.